The average Bonchev–Trinajstić information content (AvgIpc) is 3.21. The number of benzene rings is 1. The minimum Gasteiger partial charge on any atom is -0.347 e. The van der Waals surface area contributed by atoms with Crippen molar-refractivity contribution in [3.8, 4) is 11.4 Å². The number of nitrogens with zero attached hydrogens (tertiary/aromatic N) is 5. The fourth-order valence-corrected chi connectivity index (χ4v) is 3.73. The first kappa shape index (κ1) is 20.1. The summed E-state index contributed by atoms with van der Waals surface area (Å²) < 4.78 is 3.69. The summed E-state index contributed by atoms with van der Waals surface area (Å²) in [6.07, 6.45) is 5.29. The fourth-order valence-electron chi connectivity index (χ4n) is 3.55. The quantitative estimate of drug-likeness (QED) is 0.508. The zero-order chi connectivity index (χ0) is 21.4. The van der Waals surface area contributed by atoms with E-state index in [0.29, 0.717) is 16.5 Å². The van der Waals surface area contributed by atoms with E-state index in [4.69, 9.17) is 11.6 Å². The fraction of sp³-hybridized carbons (Fsp3) is 0.273. The van der Waals surface area contributed by atoms with Crippen molar-refractivity contribution < 1.29 is 0 Å². The number of hydrogen-bond acceptors (Lipinski definition) is 5. The Bertz CT molecular complexity index is 1280. The molecule has 0 fully saturated rings. The van der Waals surface area contributed by atoms with Gasteiger partial charge in [-0.3, -0.25) is 4.79 Å². The third-order valence-electron chi connectivity index (χ3n) is 5.17. The maximum atomic E-state index is 12.9. The molecule has 0 bridgehead atoms. The van der Waals surface area contributed by atoms with Gasteiger partial charge in [-0.1, -0.05) is 11.6 Å². The molecule has 0 spiro atoms. The van der Waals surface area contributed by atoms with Gasteiger partial charge in [0.05, 0.1) is 35.5 Å². The van der Waals surface area contributed by atoms with Gasteiger partial charge in [0.25, 0.3) is 5.56 Å². The molecule has 0 aliphatic heterocycles. The summed E-state index contributed by atoms with van der Waals surface area (Å²) in [6, 6.07) is 9.19. The summed E-state index contributed by atoms with van der Waals surface area (Å²) in [5.74, 6) is 0.449. The third kappa shape index (κ3) is 3.68. The molecule has 3 heterocycles. The topological polar surface area (TPSA) is 77.6 Å². The van der Waals surface area contributed by atoms with Crippen molar-refractivity contribution >= 4 is 28.5 Å². The van der Waals surface area contributed by atoms with E-state index in [1.54, 1.807) is 36.4 Å². The van der Waals surface area contributed by atoms with Crippen LogP contribution in [0, 0.1) is 0 Å². The smallest absolute Gasteiger partial charge is 0.256 e. The lowest BCUT2D eigenvalue weighted by molar-refractivity contribution is 0.604. The second-order valence-electron chi connectivity index (χ2n) is 7.58. The van der Waals surface area contributed by atoms with Crippen LogP contribution < -0.4 is 10.9 Å². The number of halogens is 1. The lowest BCUT2D eigenvalue weighted by Gasteiger charge is -2.17. The lowest BCUT2D eigenvalue weighted by atomic mass is 10.1. The van der Waals surface area contributed by atoms with Crippen LogP contribution in [0.15, 0.2) is 53.8 Å². The van der Waals surface area contributed by atoms with E-state index in [1.807, 2.05) is 31.2 Å². The van der Waals surface area contributed by atoms with Gasteiger partial charge < -0.3 is 14.5 Å². The van der Waals surface area contributed by atoms with Crippen molar-refractivity contribution in [3.63, 3.8) is 0 Å². The molecular formula is C22H23ClN6O. The molecule has 0 radical (unpaired) electrons. The Labute approximate surface area is 179 Å². The molecule has 4 rings (SSSR count). The summed E-state index contributed by atoms with van der Waals surface area (Å²) in [5, 5.41) is 4.79. The zero-order valence-corrected chi connectivity index (χ0v) is 18.1. The molecule has 0 aliphatic rings. The summed E-state index contributed by atoms with van der Waals surface area (Å²) >= 11 is 6.14. The minimum absolute atomic E-state index is 0.0705. The predicted octanol–water partition coefficient (Wildman–Crippen LogP) is 4.60. The largest absolute Gasteiger partial charge is 0.347 e. The second-order valence-corrected chi connectivity index (χ2v) is 8.01. The van der Waals surface area contributed by atoms with Gasteiger partial charge in [-0.15, -0.1) is 0 Å². The zero-order valence-electron chi connectivity index (χ0n) is 17.3. The Morgan fingerprint density at radius 2 is 1.93 bits per heavy atom. The van der Waals surface area contributed by atoms with Gasteiger partial charge in [0.1, 0.15) is 0 Å². The first-order valence-electron chi connectivity index (χ1n) is 9.76. The first-order chi connectivity index (χ1) is 14.3. The molecule has 1 N–H and O–H groups in total. The highest BCUT2D eigenvalue weighted by Crippen LogP contribution is 2.24. The molecular weight excluding hydrogens is 400 g/mol. The number of nitrogens with one attached hydrogen (secondary N) is 1. The molecule has 1 aromatic carbocycles. The van der Waals surface area contributed by atoms with Crippen LogP contribution in [0.1, 0.15) is 38.4 Å². The van der Waals surface area contributed by atoms with Gasteiger partial charge in [-0.05, 0) is 51.1 Å². The van der Waals surface area contributed by atoms with Crippen LogP contribution in [-0.4, -0.2) is 24.1 Å². The second kappa shape index (κ2) is 7.91. The maximum absolute atomic E-state index is 12.9. The van der Waals surface area contributed by atoms with Crippen molar-refractivity contribution in [1.82, 2.24) is 24.1 Å². The summed E-state index contributed by atoms with van der Waals surface area (Å²) in [7, 11) is 1.76. The molecule has 1 unspecified atom stereocenters. The summed E-state index contributed by atoms with van der Waals surface area (Å²) in [4.78, 5) is 26.1. The molecule has 0 aliphatic carbocycles. The van der Waals surface area contributed by atoms with Crippen molar-refractivity contribution in [3.05, 3.63) is 70.0 Å². The molecule has 7 nitrogen and oxygen atoms in total. The number of rotatable bonds is 5. The number of aryl methyl sites for hydroxylation is 1. The first-order valence-corrected chi connectivity index (χ1v) is 10.1. The molecule has 0 amide bonds. The van der Waals surface area contributed by atoms with Crippen LogP contribution in [0.3, 0.4) is 0 Å². The van der Waals surface area contributed by atoms with Crippen LogP contribution in [-0.2, 0) is 7.05 Å². The Hall–Kier alpha value is -3.19. The highest BCUT2D eigenvalue weighted by molar-refractivity contribution is 6.31. The van der Waals surface area contributed by atoms with Gasteiger partial charge in [-0.25, -0.2) is 15.0 Å². The van der Waals surface area contributed by atoms with E-state index in [0.717, 1.165) is 22.3 Å². The SMILES string of the molecule is CC(Nc1nccc(-c2cncn2C(C)C)n1)c1cc2cc(Cl)ccc2n(C)c1=O. The van der Waals surface area contributed by atoms with Crippen LogP contribution in [0.25, 0.3) is 22.3 Å². The van der Waals surface area contributed by atoms with Crippen molar-refractivity contribution in [2.45, 2.75) is 32.9 Å². The van der Waals surface area contributed by atoms with Gasteiger partial charge >= 0.3 is 0 Å². The lowest BCUT2D eigenvalue weighted by Crippen LogP contribution is -2.25. The number of hydrogen-bond donors (Lipinski definition) is 1. The van der Waals surface area contributed by atoms with Crippen LogP contribution >= 0.6 is 11.6 Å². The maximum Gasteiger partial charge on any atom is 0.256 e. The molecule has 4 aromatic rings. The molecule has 0 saturated heterocycles. The van der Waals surface area contributed by atoms with Crippen molar-refractivity contribution in [2.75, 3.05) is 5.32 Å². The highest BCUT2D eigenvalue weighted by Gasteiger charge is 2.16. The van der Waals surface area contributed by atoms with Gasteiger partial charge in [0, 0.05) is 35.3 Å². The van der Waals surface area contributed by atoms with Gasteiger partial charge in [0.15, 0.2) is 0 Å². The Kier molecular flexibility index (Phi) is 5.30. The van der Waals surface area contributed by atoms with Crippen LogP contribution in [0.5, 0.6) is 0 Å². The molecule has 30 heavy (non-hydrogen) atoms. The Balaban J connectivity index is 1.68. The monoisotopic (exact) mass is 422 g/mol. The molecule has 0 saturated carbocycles. The number of aromatic nitrogens is 5. The third-order valence-corrected chi connectivity index (χ3v) is 5.40. The molecule has 3 aromatic heterocycles. The van der Waals surface area contributed by atoms with E-state index in [1.165, 1.54) is 0 Å². The van der Waals surface area contributed by atoms with Gasteiger partial charge in [-0.2, -0.15) is 0 Å². The average molecular weight is 423 g/mol. The van der Waals surface area contributed by atoms with E-state index < -0.39 is 0 Å². The van der Waals surface area contributed by atoms with Crippen LogP contribution in [0.4, 0.5) is 5.95 Å². The number of imidazole rings is 1. The van der Waals surface area contributed by atoms with Gasteiger partial charge in [0.2, 0.25) is 5.95 Å². The standard InChI is InChI=1S/C22H23ClN6O/c1-13(2)29-12-24-11-20(29)18-7-8-25-22(27-18)26-14(3)17-10-15-9-16(23)5-6-19(15)28(4)21(17)30/h5-14H,1-4H3,(H,25,26,27). The minimum atomic E-state index is -0.294. The number of pyridine rings is 1. The summed E-state index contributed by atoms with van der Waals surface area (Å²) in [6.45, 7) is 6.10. The Morgan fingerprint density at radius 3 is 2.70 bits per heavy atom. The molecule has 8 heteroatoms. The van der Waals surface area contributed by atoms with Crippen LogP contribution in [0.2, 0.25) is 5.02 Å². The number of anilines is 1. The van der Waals surface area contributed by atoms with E-state index in [9.17, 15) is 4.79 Å². The van der Waals surface area contributed by atoms with E-state index in [-0.39, 0.29) is 17.6 Å². The molecule has 154 valence electrons. The van der Waals surface area contributed by atoms with Crippen molar-refractivity contribution in [1.29, 1.82) is 0 Å². The van der Waals surface area contributed by atoms with Crippen molar-refractivity contribution in [2.24, 2.45) is 7.05 Å². The highest BCUT2D eigenvalue weighted by atomic mass is 35.5. The van der Waals surface area contributed by atoms with E-state index in [2.05, 4.69) is 38.7 Å². The number of fused-ring (bicyclic) bond motifs is 1. The normalized spacial score (nSPS) is 12.5. The van der Waals surface area contributed by atoms with E-state index >= 15 is 0 Å². The predicted molar refractivity (Wildman–Crippen MR) is 120 cm³/mol. The molecule has 1 atom stereocenters. The Morgan fingerprint density at radius 1 is 1.13 bits per heavy atom. The summed E-state index contributed by atoms with van der Waals surface area (Å²) in [5.41, 5.74) is 3.07.